The first kappa shape index (κ1) is 14.0. The summed E-state index contributed by atoms with van der Waals surface area (Å²) in [6, 6.07) is 19.3. The number of aromatic amines is 1. The lowest BCUT2D eigenvalue weighted by Crippen LogP contribution is -1.83. The Morgan fingerprint density at radius 3 is 2.65 bits per heavy atom. The highest BCUT2D eigenvalue weighted by Crippen LogP contribution is 2.36. The van der Waals surface area contributed by atoms with Crippen molar-refractivity contribution in [3.63, 3.8) is 0 Å². The van der Waals surface area contributed by atoms with Crippen molar-refractivity contribution in [2.24, 2.45) is 0 Å². The van der Waals surface area contributed by atoms with Crippen LogP contribution in [0.1, 0.15) is 0 Å². The van der Waals surface area contributed by atoms with Crippen molar-refractivity contribution in [1.29, 1.82) is 0 Å². The minimum absolute atomic E-state index is 1.000. The molecule has 0 aliphatic rings. The molecule has 6 rings (SSSR count). The van der Waals surface area contributed by atoms with Gasteiger partial charge in [0, 0.05) is 49.7 Å². The molecule has 3 nitrogen and oxygen atoms in total. The molecule has 0 radical (unpaired) electrons. The number of thiophene rings is 1. The van der Waals surface area contributed by atoms with Gasteiger partial charge in [-0.05, 0) is 24.3 Å². The summed E-state index contributed by atoms with van der Waals surface area (Å²) in [5, 5.41) is 4.99. The zero-order chi connectivity index (χ0) is 17.1. The molecule has 0 amide bonds. The number of rotatable bonds is 1. The van der Waals surface area contributed by atoms with Crippen molar-refractivity contribution >= 4 is 53.3 Å². The molecule has 0 atom stereocenters. The maximum Gasteiger partial charge on any atom is 0.0710 e. The number of fused-ring (bicyclic) bond motifs is 6. The van der Waals surface area contributed by atoms with Crippen LogP contribution in [0.4, 0.5) is 0 Å². The van der Waals surface area contributed by atoms with Crippen molar-refractivity contribution in [3.8, 4) is 11.3 Å². The summed E-state index contributed by atoms with van der Waals surface area (Å²) in [6.45, 7) is 0. The summed E-state index contributed by atoms with van der Waals surface area (Å²) in [7, 11) is 0. The molecule has 4 heteroatoms. The molecule has 0 saturated heterocycles. The van der Waals surface area contributed by atoms with Crippen LogP contribution < -0.4 is 0 Å². The van der Waals surface area contributed by atoms with Crippen LogP contribution in [0.15, 0.2) is 73.2 Å². The van der Waals surface area contributed by atoms with E-state index in [9.17, 15) is 0 Å². The molecule has 0 saturated carbocycles. The van der Waals surface area contributed by atoms with Crippen LogP contribution >= 0.6 is 11.3 Å². The van der Waals surface area contributed by atoms with Gasteiger partial charge in [-0.1, -0.05) is 30.3 Å². The lowest BCUT2D eigenvalue weighted by Gasteiger charge is -2.02. The molecule has 0 bridgehead atoms. The van der Waals surface area contributed by atoms with Crippen LogP contribution in [0.2, 0.25) is 0 Å². The quantitative estimate of drug-likeness (QED) is 0.386. The van der Waals surface area contributed by atoms with Crippen molar-refractivity contribution in [2.75, 3.05) is 0 Å². The third kappa shape index (κ3) is 1.93. The third-order valence-electron chi connectivity index (χ3n) is 4.96. The first-order valence-corrected chi connectivity index (χ1v) is 9.32. The number of hydrogen-bond donors (Lipinski definition) is 1. The zero-order valence-corrected chi connectivity index (χ0v) is 14.5. The van der Waals surface area contributed by atoms with E-state index in [0.29, 0.717) is 0 Å². The van der Waals surface area contributed by atoms with Gasteiger partial charge in [0.2, 0.25) is 0 Å². The molecule has 6 aromatic rings. The first-order chi connectivity index (χ1) is 12.9. The van der Waals surface area contributed by atoms with Gasteiger partial charge < -0.3 is 4.98 Å². The average molecular weight is 351 g/mol. The Kier molecular flexibility index (Phi) is 2.76. The summed E-state index contributed by atoms with van der Waals surface area (Å²) >= 11 is 1.80. The Bertz CT molecular complexity index is 1440. The predicted molar refractivity (Wildman–Crippen MR) is 110 cm³/mol. The number of pyridine rings is 2. The van der Waals surface area contributed by atoms with E-state index in [0.717, 1.165) is 22.3 Å². The Balaban J connectivity index is 1.59. The molecule has 4 heterocycles. The standard InChI is InChI=1S/C22H13N3S/c1-2-4-21-16(3-1)17-10-18(24-12-22(17)26-21)13-5-6-14-15-7-8-23-11-20(15)25-19(14)9-13/h1-12,25H. The lowest BCUT2D eigenvalue weighted by molar-refractivity contribution is 1.35. The summed E-state index contributed by atoms with van der Waals surface area (Å²) in [5.74, 6) is 0. The fourth-order valence-electron chi connectivity index (χ4n) is 3.71. The van der Waals surface area contributed by atoms with Crippen molar-refractivity contribution in [2.45, 2.75) is 0 Å². The molecular formula is C22H13N3S. The normalized spacial score (nSPS) is 11.8. The molecule has 0 unspecified atom stereocenters. The lowest BCUT2D eigenvalue weighted by atomic mass is 10.1. The Hall–Kier alpha value is -3.24. The van der Waals surface area contributed by atoms with Crippen LogP contribution in [-0.4, -0.2) is 15.0 Å². The fourth-order valence-corrected chi connectivity index (χ4v) is 4.76. The van der Waals surface area contributed by atoms with Gasteiger partial charge in [0.1, 0.15) is 0 Å². The number of nitrogens with zero attached hydrogens (tertiary/aromatic N) is 2. The summed E-state index contributed by atoms with van der Waals surface area (Å²) in [4.78, 5) is 12.4. The maximum atomic E-state index is 4.72. The average Bonchev–Trinajstić information content (AvgIpc) is 3.25. The van der Waals surface area contributed by atoms with E-state index >= 15 is 0 Å². The van der Waals surface area contributed by atoms with Crippen LogP contribution in [0, 0.1) is 0 Å². The molecule has 4 aromatic heterocycles. The topological polar surface area (TPSA) is 41.6 Å². The predicted octanol–water partition coefficient (Wildman–Crippen LogP) is 6.15. The molecule has 0 fully saturated rings. The minimum Gasteiger partial charge on any atom is -0.353 e. The van der Waals surface area contributed by atoms with E-state index in [1.165, 1.54) is 30.9 Å². The molecule has 2 aromatic carbocycles. The summed E-state index contributed by atoms with van der Waals surface area (Å²) < 4.78 is 2.53. The minimum atomic E-state index is 1.000. The summed E-state index contributed by atoms with van der Waals surface area (Å²) in [6.07, 6.45) is 5.70. The van der Waals surface area contributed by atoms with E-state index in [2.05, 4.69) is 64.6 Å². The van der Waals surface area contributed by atoms with Crippen LogP contribution in [-0.2, 0) is 0 Å². The highest BCUT2D eigenvalue weighted by molar-refractivity contribution is 7.25. The van der Waals surface area contributed by atoms with Gasteiger partial charge >= 0.3 is 0 Å². The first-order valence-electron chi connectivity index (χ1n) is 8.50. The van der Waals surface area contributed by atoms with Gasteiger partial charge in [-0.15, -0.1) is 11.3 Å². The number of aromatic nitrogens is 3. The van der Waals surface area contributed by atoms with E-state index in [1.807, 2.05) is 18.6 Å². The van der Waals surface area contributed by atoms with E-state index in [1.54, 1.807) is 11.3 Å². The van der Waals surface area contributed by atoms with Crippen molar-refractivity contribution in [1.82, 2.24) is 15.0 Å². The highest BCUT2D eigenvalue weighted by Gasteiger charge is 2.10. The SMILES string of the molecule is c1ccc2c(c1)sc1cnc(-c3ccc4c(c3)[nH]c3cnccc34)cc12. The molecule has 0 aliphatic heterocycles. The van der Waals surface area contributed by atoms with Gasteiger partial charge in [-0.25, -0.2) is 0 Å². The number of H-pyrrole nitrogens is 1. The monoisotopic (exact) mass is 351 g/mol. The van der Waals surface area contributed by atoms with E-state index in [-0.39, 0.29) is 0 Å². The Morgan fingerprint density at radius 1 is 0.731 bits per heavy atom. The molecule has 122 valence electrons. The van der Waals surface area contributed by atoms with Gasteiger partial charge in [0.25, 0.3) is 0 Å². The maximum absolute atomic E-state index is 4.72. The molecule has 26 heavy (non-hydrogen) atoms. The van der Waals surface area contributed by atoms with Gasteiger partial charge in [0.15, 0.2) is 0 Å². The molecule has 0 aliphatic carbocycles. The molecular weight excluding hydrogens is 338 g/mol. The third-order valence-corrected chi connectivity index (χ3v) is 6.08. The van der Waals surface area contributed by atoms with E-state index < -0.39 is 0 Å². The molecule has 0 spiro atoms. The van der Waals surface area contributed by atoms with E-state index in [4.69, 9.17) is 4.98 Å². The smallest absolute Gasteiger partial charge is 0.0710 e. The second kappa shape index (κ2) is 5.13. The van der Waals surface area contributed by atoms with Gasteiger partial charge in [-0.2, -0.15) is 0 Å². The second-order valence-corrected chi connectivity index (χ2v) is 7.55. The number of benzene rings is 2. The number of hydrogen-bond acceptors (Lipinski definition) is 3. The van der Waals surface area contributed by atoms with Crippen LogP contribution in [0.25, 0.3) is 53.2 Å². The van der Waals surface area contributed by atoms with Crippen molar-refractivity contribution in [3.05, 3.63) is 73.2 Å². The Labute approximate surface area is 153 Å². The Morgan fingerprint density at radius 2 is 1.65 bits per heavy atom. The largest absolute Gasteiger partial charge is 0.353 e. The zero-order valence-electron chi connectivity index (χ0n) is 13.7. The second-order valence-electron chi connectivity index (χ2n) is 6.47. The van der Waals surface area contributed by atoms with Crippen LogP contribution in [0.5, 0.6) is 0 Å². The fraction of sp³-hybridized carbons (Fsp3) is 0. The highest BCUT2D eigenvalue weighted by atomic mass is 32.1. The van der Waals surface area contributed by atoms with Crippen molar-refractivity contribution < 1.29 is 0 Å². The van der Waals surface area contributed by atoms with Crippen LogP contribution in [0.3, 0.4) is 0 Å². The van der Waals surface area contributed by atoms with Gasteiger partial charge in [-0.3, -0.25) is 9.97 Å². The van der Waals surface area contributed by atoms with Gasteiger partial charge in [0.05, 0.1) is 22.1 Å². The molecule has 1 N–H and O–H groups in total. The summed E-state index contributed by atoms with van der Waals surface area (Å²) in [5.41, 5.74) is 4.29. The number of nitrogens with one attached hydrogen (secondary N) is 1.